The van der Waals surface area contributed by atoms with E-state index >= 15 is 0 Å². The highest BCUT2D eigenvalue weighted by atomic mass is 16.7. The number of hydrogen-bond donors (Lipinski definition) is 1. The van der Waals surface area contributed by atoms with Gasteiger partial charge in [-0.15, -0.1) is 5.10 Å². The van der Waals surface area contributed by atoms with Crippen molar-refractivity contribution in [1.29, 1.82) is 0 Å². The van der Waals surface area contributed by atoms with E-state index in [1.165, 1.54) is 12.8 Å². The lowest BCUT2D eigenvalue weighted by Gasteiger charge is -2.35. The van der Waals surface area contributed by atoms with Crippen LogP contribution in [0.1, 0.15) is 62.0 Å². The van der Waals surface area contributed by atoms with Crippen LogP contribution in [0.25, 0.3) is 10.9 Å². The molecule has 0 bridgehead atoms. The lowest BCUT2D eigenvalue weighted by molar-refractivity contribution is 0.112. The fraction of sp³-hybridized carbons (Fsp3) is 0.407. The second kappa shape index (κ2) is 9.73. The van der Waals surface area contributed by atoms with Crippen molar-refractivity contribution >= 4 is 10.9 Å². The first-order valence-corrected chi connectivity index (χ1v) is 12.7. The van der Waals surface area contributed by atoms with Gasteiger partial charge in [0.1, 0.15) is 0 Å². The zero-order valence-electron chi connectivity index (χ0n) is 20.4. The molecule has 0 unspecified atom stereocenters. The monoisotopic (exact) mass is 486 g/mol. The summed E-state index contributed by atoms with van der Waals surface area (Å²) in [5.41, 5.74) is 2.55. The highest BCUT2D eigenvalue weighted by molar-refractivity contribution is 5.83. The third-order valence-electron chi connectivity index (χ3n) is 7.38. The van der Waals surface area contributed by atoms with Crippen LogP contribution >= 0.6 is 0 Å². The third kappa shape index (κ3) is 4.35. The van der Waals surface area contributed by atoms with E-state index in [0.29, 0.717) is 30.6 Å². The molecule has 1 aliphatic heterocycles. The van der Waals surface area contributed by atoms with Gasteiger partial charge in [0.2, 0.25) is 6.79 Å². The SMILES string of the molecule is CC[C@@H](c1nnnn1Cc1ccccc1)N(Cc1cc2cc3c(cc2[nH]c1=O)OCO3)C1CCCC1. The minimum Gasteiger partial charge on any atom is -0.454 e. The van der Waals surface area contributed by atoms with Gasteiger partial charge < -0.3 is 14.5 Å². The van der Waals surface area contributed by atoms with Gasteiger partial charge in [0.05, 0.1) is 18.1 Å². The van der Waals surface area contributed by atoms with Crippen molar-refractivity contribution in [3.05, 3.63) is 75.8 Å². The van der Waals surface area contributed by atoms with Crippen molar-refractivity contribution < 1.29 is 9.47 Å². The van der Waals surface area contributed by atoms with Gasteiger partial charge in [-0.05, 0) is 47.4 Å². The first kappa shape index (κ1) is 22.7. The van der Waals surface area contributed by atoms with Gasteiger partial charge in [0.15, 0.2) is 17.3 Å². The number of aromatic nitrogens is 5. The van der Waals surface area contributed by atoms with Crippen LogP contribution in [0.3, 0.4) is 0 Å². The quantitative estimate of drug-likeness (QED) is 0.399. The number of aromatic amines is 1. The minimum atomic E-state index is -0.0805. The summed E-state index contributed by atoms with van der Waals surface area (Å²) in [7, 11) is 0. The van der Waals surface area contributed by atoms with Gasteiger partial charge in [0.25, 0.3) is 5.56 Å². The lowest BCUT2D eigenvalue weighted by atomic mass is 10.0. The molecule has 1 fully saturated rings. The summed E-state index contributed by atoms with van der Waals surface area (Å²) in [5, 5.41) is 13.8. The second-order valence-corrected chi connectivity index (χ2v) is 9.63. The van der Waals surface area contributed by atoms with Crippen LogP contribution in [-0.2, 0) is 13.1 Å². The molecule has 186 valence electrons. The Morgan fingerprint density at radius 3 is 2.67 bits per heavy atom. The molecule has 0 radical (unpaired) electrons. The Kier molecular flexibility index (Phi) is 6.14. The zero-order chi connectivity index (χ0) is 24.5. The van der Waals surface area contributed by atoms with Crippen LogP contribution in [0.2, 0.25) is 0 Å². The van der Waals surface area contributed by atoms with Crippen molar-refractivity contribution in [1.82, 2.24) is 30.1 Å². The van der Waals surface area contributed by atoms with Crippen LogP contribution in [0, 0.1) is 0 Å². The van der Waals surface area contributed by atoms with Crippen LogP contribution in [-0.4, -0.2) is 42.9 Å². The van der Waals surface area contributed by atoms with Crippen LogP contribution in [0.15, 0.2) is 53.3 Å². The number of pyridine rings is 1. The smallest absolute Gasteiger partial charge is 0.252 e. The van der Waals surface area contributed by atoms with E-state index in [9.17, 15) is 4.79 Å². The average molecular weight is 487 g/mol. The summed E-state index contributed by atoms with van der Waals surface area (Å²) in [6.45, 7) is 3.51. The summed E-state index contributed by atoms with van der Waals surface area (Å²) < 4.78 is 12.9. The predicted molar refractivity (Wildman–Crippen MR) is 135 cm³/mol. The van der Waals surface area contributed by atoms with Gasteiger partial charge in [-0.2, -0.15) is 0 Å². The molecule has 1 N–H and O–H groups in total. The van der Waals surface area contributed by atoms with Gasteiger partial charge >= 0.3 is 0 Å². The van der Waals surface area contributed by atoms with Crippen LogP contribution < -0.4 is 15.0 Å². The molecule has 1 atom stereocenters. The van der Waals surface area contributed by atoms with Crippen LogP contribution in [0.5, 0.6) is 11.5 Å². The first-order valence-electron chi connectivity index (χ1n) is 12.7. The molecule has 3 heterocycles. The maximum atomic E-state index is 13.2. The Balaban J connectivity index is 1.35. The molecule has 0 amide bonds. The predicted octanol–water partition coefficient (Wildman–Crippen LogP) is 4.19. The molecule has 2 aliphatic rings. The lowest BCUT2D eigenvalue weighted by Crippen LogP contribution is -2.39. The minimum absolute atomic E-state index is 0.00124. The largest absolute Gasteiger partial charge is 0.454 e. The normalized spacial score (nSPS) is 16.3. The topological polar surface area (TPSA) is 98.2 Å². The van der Waals surface area contributed by atoms with Crippen molar-refractivity contribution in [3.63, 3.8) is 0 Å². The average Bonchev–Trinajstić information content (AvgIpc) is 3.66. The van der Waals surface area contributed by atoms with Crippen LogP contribution in [0.4, 0.5) is 0 Å². The summed E-state index contributed by atoms with van der Waals surface area (Å²) in [4.78, 5) is 18.7. The fourth-order valence-electron chi connectivity index (χ4n) is 5.57. The number of H-pyrrole nitrogens is 1. The summed E-state index contributed by atoms with van der Waals surface area (Å²) in [6, 6.07) is 16.4. The highest BCUT2D eigenvalue weighted by Crippen LogP contribution is 2.36. The fourth-order valence-corrected chi connectivity index (χ4v) is 5.57. The Labute approximate surface area is 209 Å². The maximum Gasteiger partial charge on any atom is 0.252 e. The molecule has 36 heavy (non-hydrogen) atoms. The van der Waals surface area contributed by atoms with Gasteiger partial charge in [-0.3, -0.25) is 9.69 Å². The summed E-state index contributed by atoms with van der Waals surface area (Å²) in [6.07, 6.45) is 5.46. The Morgan fingerprint density at radius 1 is 1.11 bits per heavy atom. The van der Waals surface area contributed by atoms with E-state index in [2.05, 4.69) is 44.5 Å². The van der Waals surface area contributed by atoms with E-state index in [1.54, 1.807) is 0 Å². The Bertz CT molecular complexity index is 1410. The molecule has 9 heteroatoms. The molecule has 1 saturated carbocycles. The summed E-state index contributed by atoms with van der Waals surface area (Å²) in [5.74, 6) is 2.21. The molecular formula is C27H30N6O3. The molecule has 2 aromatic heterocycles. The number of nitrogens with zero attached hydrogens (tertiary/aromatic N) is 5. The molecule has 9 nitrogen and oxygen atoms in total. The number of tetrazole rings is 1. The second-order valence-electron chi connectivity index (χ2n) is 9.63. The number of hydrogen-bond acceptors (Lipinski definition) is 7. The van der Waals surface area contributed by atoms with Crippen molar-refractivity contribution in [3.8, 4) is 11.5 Å². The highest BCUT2D eigenvalue weighted by Gasteiger charge is 2.32. The molecule has 6 rings (SSSR count). The standard InChI is InChI=1S/C27H30N6O3/c1-2-23(26-29-30-31-33(26)15-18-8-4-3-5-9-18)32(21-10-6-7-11-21)16-20-12-19-13-24-25(36-17-35-24)14-22(19)28-27(20)34/h3-5,8-9,12-14,21,23H,2,6-7,10-11,15-17H2,1H3,(H,28,34)/t23-/m0/s1. The zero-order valence-corrected chi connectivity index (χ0v) is 20.4. The van der Waals surface area contributed by atoms with E-state index < -0.39 is 0 Å². The first-order chi connectivity index (χ1) is 17.7. The number of fused-ring (bicyclic) bond motifs is 2. The van der Waals surface area contributed by atoms with E-state index in [4.69, 9.17) is 9.47 Å². The third-order valence-corrected chi connectivity index (χ3v) is 7.38. The molecule has 0 saturated heterocycles. The number of rotatable bonds is 8. The number of ether oxygens (including phenoxy) is 2. The van der Waals surface area contributed by atoms with E-state index in [0.717, 1.165) is 47.1 Å². The molecule has 1 aliphatic carbocycles. The number of benzene rings is 2. The summed E-state index contributed by atoms with van der Waals surface area (Å²) >= 11 is 0. The molecule has 2 aromatic carbocycles. The van der Waals surface area contributed by atoms with Gasteiger partial charge in [-0.1, -0.05) is 50.1 Å². The molecule has 4 aromatic rings. The Morgan fingerprint density at radius 2 is 1.89 bits per heavy atom. The van der Waals surface area contributed by atoms with E-state index in [1.807, 2.05) is 41.1 Å². The number of nitrogens with one attached hydrogen (secondary N) is 1. The molecule has 0 spiro atoms. The van der Waals surface area contributed by atoms with Crippen molar-refractivity contribution in [2.75, 3.05) is 6.79 Å². The van der Waals surface area contributed by atoms with E-state index in [-0.39, 0.29) is 18.4 Å². The molecular weight excluding hydrogens is 456 g/mol. The Hall–Kier alpha value is -3.72. The van der Waals surface area contributed by atoms with Gasteiger partial charge in [-0.25, -0.2) is 4.68 Å². The van der Waals surface area contributed by atoms with Gasteiger partial charge in [0, 0.05) is 29.6 Å². The maximum absolute atomic E-state index is 13.2. The van der Waals surface area contributed by atoms with Crippen molar-refractivity contribution in [2.45, 2.75) is 64.2 Å². The van der Waals surface area contributed by atoms with Crippen molar-refractivity contribution in [2.24, 2.45) is 0 Å².